The number of carbonyl (C=O) groups excluding carboxylic acids is 1. The Kier molecular flexibility index (Phi) is 4.55. The van der Waals surface area contributed by atoms with Gasteiger partial charge in [-0.05, 0) is 39.3 Å². The number of aromatic nitrogens is 1. The molecule has 2 heterocycles. The summed E-state index contributed by atoms with van der Waals surface area (Å²) in [4.78, 5) is 20.2. The Labute approximate surface area is 125 Å². The number of pyridine rings is 1. The molecule has 0 unspecified atom stereocenters. The number of carbonyl (C=O) groups is 1. The average molecular weight is 292 g/mol. The fourth-order valence-corrected chi connectivity index (χ4v) is 2.34. The van der Waals surface area contributed by atoms with Gasteiger partial charge < -0.3 is 20.3 Å². The van der Waals surface area contributed by atoms with Gasteiger partial charge in [0, 0.05) is 32.4 Å². The fourth-order valence-electron chi connectivity index (χ4n) is 2.34. The molecule has 116 valence electrons. The Hall–Kier alpha value is -1.98. The van der Waals surface area contributed by atoms with Crippen molar-refractivity contribution in [2.45, 2.75) is 32.8 Å². The molecule has 0 bridgehead atoms. The minimum atomic E-state index is -0.461. The van der Waals surface area contributed by atoms with Crippen LogP contribution in [0.3, 0.4) is 0 Å². The van der Waals surface area contributed by atoms with Gasteiger partial charge in [0.05, 0.1) is 5.69 Å². The van der Waals surface area contributed by atoms with Gasteiger partial charge in [0.25, 0.3) is 0 Å². The molecule has 6 nitrogen and oxygen atoms in total. The number of hydrogen-bond donors (Lipinski definition) is 1. The lowest BCUT2D eigenvalue weighted by Crippen LogP contribution is -2.39. The molecule has 1 aliphatic rings. The zero-order valence-electron chi connectivity index (χ0n) is 13.0. The molecule has 1 amide bonds. The number of nitrogens with two attached hydrogens (primary N) is 1. The lowest BCUT2D eigenvalue weighted by molar-refractivity contribution is 0.0263. The molecule has 2 N–H and O–H groups in total. The first kappa shape index (κ1) is 15.4. The van der Waals surface area contributed by atoms with E-state index in [4.69, 9.17) is 10.5 Å². The van der Waals surface area contributed by atoms with Gasteiger partial charge in [-0.2, -0.15) is 0 Å². The number of nitrogen functional groups attached to an aromatic ring is 1. The number of nitrogens with zero attached hydrogens (tertiary/aromatic N) is 3. The van der Waals surface area contributed by atoms with Crippen LogP contribution in [-0.2, 0) is 4.74 Å². The second kappa shape index (κ2) is 6.20. The number of ether oxygens (including phenoxy) is 1. The summed E-state index contributed by atoms with van der Waals surface area (Å²) < 4.78 is 5.43. The van der Waals surface area contributed by atoms with Crippen molar-refractivity contribution in [2.75, 3.05) is 36.8 Å². The summed E-state index contributed by atoms with van der Waals surface area (Å²) in [6, 6.07) is 3.84. The van der Waals surface area contributed by atoms with E-state index in [1.165, 1.54) is 0 Å². The van der Waals surface area contributed by atoms with Gasteiger partial charge in [0.15, 0.2) is 0 Å². The van der Waals surface area contributed by atoms with Crippen molar-refractivity contribution >= 4 is 17.6 Å². The van der Waals surface area contributed by atoms with Gasteiger partial charge in [-0.3, -0.25) is 0 Å². The predicted octanol–water partition coefficient (Wildman–Crippen LogP) is 2.11. The van der Waals surface area contributed by atoms with E-state index >= 15 is 0 Å². The van der Waals surface area contributed by atoms with E-state index in [1.807, 2.05) is 32.9 Å². The topological polar surface area (TPSA) is 71.7 Å². The molecule has 0 saturated carbocycles. The highest BCUT2D eigenvalue weighted by Gasteiger charge is 2.24. The molecule has 1 aliphatic heterocycles. The quantitative estimate of drug-likeness (QED) is 0.858. The van der Waals surface area contributed by atoms with Gasteiger partial charge in [0.2, 0.25) is 0 Å². The second-order valence-electron chi connectivity index (χ2n) is 6.22. The van der Waals surface area contributed by atoms with Gasteiger partial charge in [-0.25, -0.2) is 9.78 Å². The van der Waals surface area contributed by atoms with Gasteiger partial charge in [-0.15, -0.1) is 0 Å². The lowest BCUT2D eigenvalue weighted by atomic mass is 10.2. The molecule has 6 heteroatoms. The van der Waals surface area contributed by atoms with Crippen LogP contribution in [0.1, 0.15) is 27.2 Å². The predicted molar refractivity (Wildman–Crippen MR) is 83.3 cm³/mol. The Morgan fingerprint density at radius 3 is 2.71 bits per heavy atom. The van der Waals surface area contributed by atoms with Crippen LogP contribution in [0, 0.1) is 0 Å². The van der Waals surface area contributed by atoms with Crippen LogP contribution in [0.2, 0.25) is 0 Å². The van der Waals surface area contributed by atoms with E-state index in [1.54, 1.807) is 11.1 Å². The number of anilines is 2. The fraction of sp³-hybridized carbons (Fsp3) is 0.600. The van der Waals surface area contributed by atoms with Gasteiger partial charge >= 0.3 is 6.09 Å². The first-order valence-corrected chi connectivity index (χ1v) is 7.30. The molecule has 1 fully saturated rings. The molecule has 21 heavy (non-hydrogen) atoms. The Bertz CT molecular complexity index is 499. The van der Waals surface area contributed by atoms with Crippen LogP contribution in [0.15, 0.2) is 18.3 Å². The molecule has 0 spiro atoms. The van der Waals surface area contributed by atoms with Crippen molar-refractivity contribution in [3.05, 3.63) is 18.3 Å². The molecule has 1 aromatic heterocycles. The second-order valence-corrected chi connectivity index (χ2v) is 6.22. The summed E-state index contributed by atoms with van der Waals surface area (Å²) >= 11 is 0. The molecule has 1 saturated heterocycles. The van der Waals surface area contributed by atoms with Crippen LogP contribution in [0.25, 0.3) is 0 Å². The highest BCUT2D eigenvalue weighted by atomic mass is 16.6. The Balaban J connectivity index is 1.99. The van der Waals surface area contributed by atoms with Crippen molar-refractivity contribution in [1.82, 2.24) is 9.88 Å². The van der Waals surface area contributed by atoms with Crippen molar-refractivity contribution in [3.8, 4) is 0 Å². The van der Waals surface area contributed by atoms with E-state index in [-0.39, 0.29) is 6.09 Å². The van der Waals surface area contributed by atoms with Crippen LogP contribution in [0.5, 0.6) is 0 Å². The molecule has 0 aliphatic carbocycles. The zero-order valence-corrected chi connectivity index (χ0v) is 13.0. The summed E-state index contributed by atoms with van der Waals surface area (Å²) in [6.07, 6.45) is 2.32. The van der Waals surface area contributed by atoms with Crippen molar-refractivity contribution < 1.29 is 9.53 Å². The van der Waals surface area contributed by atoms with E-state index < -0.39 is 5.60 Å². The first-order valence-electron chi connectivity index (χ1n) is 7.30. The molecular formula is C15H24N4O2. The molecule has 0 atom stereocenters. The van der Waals surface area contributed by atoms with Crippen LogP contribution < -0.4 is 10.6 Å². The summed E-state index contributed by atoms with van der Waals surface area (Å²) in [5.41, 5.74) is 6.39. The normalized spacial score (nSPS) is 16.5. The smallest absolute Gasteiger partial charge is 0.410 e. The third-order valence-electron chi connectivity index (χ3n) is 3.30. The van der Waals surface area contributed by atoms with E-state index in [9.17, 15) is 4.79 Å². The summed E-state index contributed by atoms with van der Waals surface area (Å²) in [6.45, 7) is 8.56. The maximum Gasteiger partial charge on any atom is 0.410 e. The largest absolute Gasteiger partial charge is 0.444 e. The minimum absolute atomic E-state index is 0.247. The standard InChI is InChI=1S/C15H24N4O2/c1-15(2,3)21-14(20)19-9-5-8-18(10-11-19)12-6-4-7-17-13(12)16/h4,6-7H,5,8-11H2,1-3H3,(H2,16,17). The summed E-state index contributed by atoms with van der Waals surface area (Å²) in [5.74, 6) is 0.531. The zero-order chi connectivity index (χ0) is 15.5. The van der Waals surface area contributed by atoms with Gasteiger partial charge in [0.1, 0.15) is 11.4 Å². The molecule has 1 aromatic rings. The van der Waals surface area contributed by atoms with Crippen molar-refractivity contribution in [3.63, 3.8) is 0 Å². The number of amides is 1. The van der Waals surface area contributed by atoms with Gasteiger partial charge in [-0.1, -0.05) is 0 Å². The average Bonchev–Trinajstić information content (AvgIpc) is 2.63. The molecule has 0 aromatic carbocycles. The van der Waals surface area contributed by atoms with E-state index in [0.717, 1.165) is 25.2 Å². The SMILES string of the molecule is CC(C)(C)OC(=O)N1CCCN(c2cccnc2N)CC1. The highest BCUT2D eigenvalue weighted by molar-refractivity contribution is 5.68. The first-order chi connectivity index (χ1) is 9.87. The van der Waals surface area contributed by atoms with Crippen molar-refractivity contribution in [2.24, 2.45) is 0 Å². The molecule has 2 rings (SSSR count). The van der Waals surface area contributed by atoms with Crippen LogP contribution in [0.4, 0.5) is 16.3 Å². The summed E-state index contributed by atoms with van der Waals surface area (Å²) in [7, 11) is 0. The lowest BCUT2D eigenvalue weighted by Gasteiger charge is -2.27. The highest BCUT2D eigenvalue weighted by Crippen LogP contribution is 2.22. The Morgan fingerprint density at radius 2 is 2.05 bits per heavy atom. The third kappa shape index (κ3) is 4.24. The Morgan fingerprint density at radius 1 is 1.29 bits per heavy atom. The van der Waals surface area contributed by atoms with E-state index in [2.05, 4.69) is 9.88 Å². The molecule has 0 radical (unpaired) electrons. The maximum absolute atomic E-state index is 12.1. The van der Waals surface area contributed by atoms with Crippen LogP contribution >= 0.6 is 0 Å². The monoisotopic (exact) mass is 292 g/mol. The number of rotatable bonds is 1. The molecular weight excluding hydrogens is 268 g/mol. The third-order valence-corrected chi connectivity index (χ3v) is 3.30. The summed E-state index contributed by atoms with van der Waals surface area (Å²) in [5, 5.41) is 0. The van der Waals surface area contributed by atoms with Crippen molar-refractivity contribution in [1.29, 1.82) is 0 Å². The maximum atomic E-state index is 12.1. The van der Waals surface area contributed by atoms with E-state index in [0.29, 0.717) is 18.9 Å². The number of hydrogen-bond acceptors (Lipinski definition) is 5. The minimum Gasteiger partial charge on any atom is -0.444 e. The van der Waals surface area contributed by atoms with Crippen LogP contribution in [-0.4, -0.2) is 47.8 Å².